The van der Waals surface area contributed by atoms with Gasteiger partial charge in [-0.15, -0.1) is 0 Å². The number of hydrogen-bond acceptors (Lipinski definition) is 4. The number of amides is 1. The molecule has 1 amide bonds. The standard InChI is InChI=1S/C14H13BrClN3O2/c1-2-21-11-5-3-4-9(17)12(11)14(20)19-10-6-8(15)7-18-13(10)16/h3-7H,2,17H2,1H3,(H,19,20). The van der Waals surface area contributed by atoms with Gasteiger partial charge in [0.1, 0.15) is 11.3 Å². The molecule has 0 aliphatic heterocycles. The van der Waals surface area contributed by atoms with E-state index < -0.39 is 5.91 Å². The zero-order valence-electron chi connectivity index (χ0n) is 11.2. The van der Waals surface area contributed by atoms with Gasteiger partial charge in [-0.3, -0.25) is 4.79 Å². The lowest BCUT2D eigenvalue weighted by Gasteiger charge is -2.13. The number of anilines is 2. The summed E-state index contributed by atoms with van der Waals surface area (Å²) in [6.07, 6.45) is 1.54. The van der Waals surface area contributed by atoms with Crippen molar-refractivity contribution in [3.05, 3.63) is 45.7 Å². The second kappa shape index (κ2) is 6.78. The summed E-state index contributed by atoms with van der Waals surface area (Å²) >= 11 is 9.23. The first-order chi connectivity index (χ1) is 10.0. The Morgan fingerprint density at radius 1 is 1.52 bits per heavy atom. The van der Waals surface area contributed by atoms with Crippen LogP contribution >= 0.6 is 27.5 Å². The van der Waals surface area contributed by atoms with Crippen LogP contribution in [0.1, 0.15) is 17.3 Å². The van der Waals surface area contributed by atoms with Crippen LogP contribution in [0.15, 0.2) is 34.9 Å². The molecule has 0 saturated carbocycles. The maximum Gasteiger partial charge on any atom is 0.261 e. The maximum absolute atomic E-state index is 12.4. The normalized spacial score (nSPS) is 10.2. The monoisotopic (exact) mass is 369 g/mol. The smallest absolute Gasteiger partial charge is 0.261 e. The number of benzene rings is 1. The number of halogens is 2. The highest BCUT2D eigenvalue weighted by atomic mass is 79.9. The average molecular weight is 371 g/mol. The quantitative estimate of drug-likeness (QED) is 0.635. The molecule has 0 unspecified atom stereocenters. The van der Waals surface area contributed by atoms with E-state index in [0.29, 0.717) is 28.2 Å². The minimum absolute atomic E-state index is 0.194. The van der Waals surface area contributed by atoms with Crippen LogP contribution in [0.2, 0.25) is 5.15 Å². The van der Waals surface area contributed by atoms with Gasteiger partial charge >= 0.3 is 0 Å². The van der Waals surface area contributed by atoms with Crippen molar-refractivity contribution >= 4 is 44.8 Å². The van der Waals surface area contributed by atoms with Crippen LogP contribution < -0.4 is 15.8 Å². The van der Waals surface area contributed by atoms with Crippen molar-refractivity contribution in [2.75, 3.05) is 17.7 Å². The number of carbonyl (C=O) groups is 1. The van der Waals surface area contributed by atoms with Crippen LogP contribution in [-0.4, -0.2) is 17.5 Å². The molecule has 0 radical (unpaired) electrons. The molecule has 0 spiro atoms. The van der Waals surface area contributed by atoms with Gasteiger partial charge in [0.2, 0.25) is 0 Å². The van der Waals surface area contributed by atoms with E-state index in [1.54, 1.807) is 30.5 Å². The first-order valence-electron chi connectivity index (χ1n) is 6.16. The predicted octanol–water partition coefficient (Wildman–Crippen LogP) is 3.73. The van der Waals surface area contributed by atoms with Crippen LogP contribution in [-0.2, 0) is 0 Å². The van der Waals surface area contributed by atoms with E-state index in [1.165, 1.54) is 0 Å². The lowest BCUT2D eigenvalue weighted by Crippen LogP contribution is -2.16. The lowest BCUT2D eigenvalue weighted by molar-refractivity contribution is 0.102. The molecule has 1 aromatic carbocycles. The van der Waals surface area contributed by atoms with Gasteiger partial charge in [0, 0.05) is 16.4 Å². The molecule has 3 N–H and O–H groups in total. The molecule has 21 heavy (non-hydrogen) atoms. The van der Waals surface area contributed by atoms with Gasteiger partial charge in [-0.05, 0) is 41.1 Å². The van der Waals surface area contributed by atoms with E-state index in [4.69, 9.17) is 22.1 Å². The first-order valence-corrected chi connectivity index (χ1v) is 7.33. The Balaban J connectivity index is 2.34. The Labute approximate surface area is 135 Å². The highest BCUT2D eigenvalue weighted by molar-refractivity contribution is 9.10. The Morgan fingerprint density at radius 2 is 2.29 bits per heavy atom. The summed E-state index contributed by atoms with van der Waals surface area (Å²) in [5, 5.41) is 2.88. The van der Waals surface area contributed by atoms with Crippen LogP contribution in [0, 0.1) is 0 Å². The van der Waals surface area contributed by atoms with Gasteiger partial charge < -0.3 is 15.8 Å². The molecular weight excluding hydrogens is 358 g/mol. The number of pyridine rings is 1. The third-order valence-corrected chi connectivity index (χ3v) is 3.37. The molecule has 2 aromatic rings. The van der Waals surface area contributed by atoms with Crippen molar-refractivity contribution in [3.8, 4) is 5.75 Å². The fourth-order valence-corrected chi connectivity index (χ4v) is 2.24. The van der Waals surface area contributed by atoms with Crippen molar-refractivity contribution in [3.63, 3.8) is 0 Å². The summed E-state index contributed by atoms with van der Waals surface area (Å²) in [6, 6.07) is 6.71. The van der Waals surface area contributed by atoms with Gasteiger partial charge in [-0.2, -0.15) is 0 Å². The van der Waals surface area contributed by atoms with Crippen LogP contribution in [0.4, 0.5) is 11.4 Å². The fraction of sp³-hybridized carbons (Fsp3) is 0.143. The largest absolute Gasteiger partial charge is 0.493 e. The number of nitrogens with zero attached hydrogens (tertiary/aromatic N) is 1. The highest BCUT2D eigenvalue weighted by Gasteiger charge is 2.17. The molecule has 2 rings (SSSR count). The van der Waals surface area contributed by atoms with Gasteiger partial charge in [-0.1, -0.05) is 17.7 Å². The number of aromatic nitrogens is 1. The highest BCUT2D eigenvalue weighted by Crippen LogP contribution is 2.28. The third kappa shape index (κ3) is 3.65. The second-order valence-electron chi connectivity index (χ2n) is 4.10. The third-order valence-electron chi connectivity index (χ3n) is 2.64. The molecule has 110 valence electrons. The van der Waals surface area contributed by atoms with E-state index in [1.807, 2.05) is 6.92 Å². The zero-order valence-corrected chi connectivity index (χ0v) is 13.5. The van der Waals surface area contributed by atoms with Crippen molar-refractivity contribution in [2.45, 2.75) is 6.92 Å². The van der Waals surface area contributed by atoms with E-state index in [2.05, 4.69) is 26.2 Å². The SMILES string of the molecule is CCOc1cccc(N)c1C(=O)Nc1cc(Br)cnc1Cl. The summed E-state index contributed by atoms with van der Waals surface area (Å²) in [5.74, 6) is 0.0208. The fourth-order valence-electron chi connectivity index (χ4n) is 1.76. The molecule has 0 aliphatic carbocycles. The number of ether oxygens (including phenoxy) is 1. The number of carbonyl (C=O) groups excluding carboxylic acids is 1. The first kappa shape index (κ1) is 15.6. The Morgan fingerprint density at radius 3 is 3.00 bits per heavy atom. The number of rotatable bonds is 4. The van der Waals surface area contributed by atoms with Crippen molar-refractivity contribution < 1.29 is 9.53 Å². The van der Waals surface area contributed by atoms with E-state index in [-0.39, 0.29) is 10.7 Å². The van der Waals surface area contributed by atoms with E-state index >= 15 is 0 Å². The summed E-state index contributed by atoms with van der Waals surface area (Å²) in [7, 11) is 0. The van der Waals surface area contributed by atoms with E-state index in [0.717, 1.165) is 0 Å². The van der Waals surface area contributed by atoms with Crippen LogP contribution in [0.3, 0.4) is 0 Å². The lowest BCUT2D eigenvalue weighted by atomic mass is 10.1. The molecule has 5 nitrogen and oxygen atoms in total. The summed E-state index contributed by atoms with van der Waals surface area (Å²) < 4.78 is 6.13. The van der Waals surface area contributed by atoms with Crippen molar-refractivity contribution in [1.29, 1.82) is 0 Å². The number of nitrogen functional groups attached to an aromatic ring is 1. The Hall–Kier alpha value is -1.79. The van der Waals surface area contributed by atoms with Crippen LogP contribution in [0.5, 0.6) is 5.75 Å². The molecular formula is C14H13BrClN3O2. The van der Waals surface area contributed by atoms with Gasteiger partial charge in [0.25, 0.3) is 5.91 Å². The van der Waals surface area contributed by atoms with Crippen molar-refractivity contribution in [2.24, 2.45) is 0 Å². The zero-order chi connectivity index (χ0) is 15.4. The number of hydrogen-bond donors (Lipinski definition) is 2. The molecule has 0 bridgehead atoms. The summed E-state index contributed by atoms with van der Waals surface area (Å²) in [6.45, 7) is 2.27. The molecule has 0 saturated heterocycles. The van der Waals surface area contributed by atoms with Crippen molar-refractivity contribution in [1.82, 2.24) is 4.98 Å². The predicted molar refractivity (Wildman–Crippen MR) is 86.9 cm³/mol. The average Bonchev–Trinajstić information content (AvgIpc) is 2.43. The molecule has 1 aromatic heterocycles. The van der Waals surface area contributed by atoms with Gasteiger partial charge in [-0.25, -0.2) is 4.98 Å². The maximum atomic E-state index is 12.4. The Kier molecular flexibility index (Phi) is 5.03. The minimum Gasteiger partial charge on any atom is -0.493 e. The summed E-state index contributed by atoms with van der Waals surface area (Å²) in [4.78, 5) is 16.4. The van der Waals surface area contributed by atoms with Gasteiger partial charge in [0.05, 0.1) is 12.3 Å². The molecule has 1 heterocycles. The Bertz CT molecular complexity index is 679. The topological polar surface area (TPSA) is 77.2 Å². The molecule has 7 heteroatoms. The summed E-state index contributed by atoms with van der Waals surface area (Å²) in [5.41, 5.74) is 6.87. The van der Waals surface area contributed by atoms with Gasteiger partial charge in [0.15, 0.2) is 5.15 Å². The molecule has 0 atom stereocenters. The molecule has 0 aliphatic rings. The minimum atomic E-state index is -0.404. The van der Waals surface area contributed by atoms with Crippen LogP contribution in [0.25, 0.3) is 0 Å². The number of nitrogens with one attached hydrogen (secondary N) is 1. The number of nitrogens with two attached hydrogens (primary N) is 1. The molecule has 0 fully saturated rings. The van der Waals surface area contributed by atoms with E-state index in [9.17, 15) is 4.79 Å². The second-order valence-corrected chi connectivity index (χ2v) is 5.37.